The van der Waals surface area contributed by atoms with Crippen molar-refractivity contribution in [2.45, 2.75) is 6.92 Å². The van der Waals surface area contributed by atoms with E-state index in [1.165, 1.54) is 6.21 Å². The van der Waals surface area contributed by atoms with Crippen LogP contribution in [0.1, 0.15) is 11.1 Å². The SMILES string of the molecule is Cc1c(Cl)cccc1N=Cc1c(O)c2ccccc2oc1=O. The predicted octanol–water partition coefficient (Wildman–Crippen LogP) is 4.21. The summed E-state index contributed by atoms with van der Waals surface area (Å²) in [6, 6.07) is 12.1. The van der Waals surface area contributed by atoms with Crippen LogP contribution >= 0.6 is 11.6 Å². The van der Waals surface area contributed by atoms with E-state index in [0.717, 1.165) is 5.56 Å². The maximum absolute atomic E-state index is 12.0. The van der Waals surface area contributed by atoms with Crippen molar-refractivity contribution >= 4 is 34.5 Å². The van der Waals surface area contributed by atoms with Crippen molar-refractivity contribution in [2.75, 3.05) is 0 Å². The number of aromatic hydroxyl groups is 1. The summed E-state index contributed by atoms with van der Waals surface area (Å²) in [7, 11) is 0. The molecule has 4 nitrogen and oxygen atoms in total. The van der Waals surface area contributed by atoms with Gasteiger partial charge in [0.15, 0.2) is 0 Å². The highest BCUT2D eigenvalue weighted by Gasteiger charge is 2.11. The summed E-state index contributed by atoms with van der Waals surface area (Å²) in [5.74, 6) is -0.143. The van der Waals surface area contributed by atoms with E-state index < -0.39 is 5.63 Å². The Labute approximate surface area is 131 Å². The maximum atomic E-state index is 12.0. The zero-order chi connectivity index (χ0) is 15.7. The molecule has 0 aliphatic rings. The molecule has 0 amide bonds. The van der Waals surface area contributed by atoms with Crippen LogP contribution in [-0.4, -0.2) is 11.3 Å². The number of hydrogen-bond donors (Lipinski definition) is 1. The second-order valence-electron chi connectivity index (χ2n) is 4.79. The molecule has 0 spiro atoms. The second kappa shape index (κ2) is 5.66. The minimum absolute atomic E-state index is 0.0121. The van der Waals surface area contributed by atoms with E-state index in [4.69, 9.17) is 16.0 Å². The van der Waals surface area contributed by atoms with E-state index in [2.05, 4.69) is 4.99 Å². The molecule has 5 heteroatoms. The van der Waals surface area contributed by atoms with Crippen LogP contribution in [0.3, 0.4) is 0 Å². The lowest BCUT2D eigenvalue weighted by atomic mass is 10.1. The first-order valence-corrected chi connectivity index (χ1v) is 6.99. The molecular formula is C17H12ClNO3. The third-order valence-corrected chi connectivity index (χ3v) is 3.80. The summed E-state index contributed by atoms with van der Waals surface area (Å²) in [6.07, 6.45) is 1.30. The molecule has 1 N–H and O–H groups in total. The summed E-state index contributed by atoms with van der Waals surface area (Å²) < 4.78 is 5.18. The normalized spacial score (nSPS) is 11.4. The van der Waals surface area contributed by atoms with Gasteiger partial charge in [-0.2, -0.15) is 0 Å². The number of fused-ring (bicyclic) bond motifs is 1. The van der Waals surface area contributed by atoms with Gasteiger partial charge in [-0.05, 0) is 36.8 Å². The Bertz CT molecular complexity index is 944. The molecular weight excluding hydrogens is 302 g/mol. The Morgan fingerprint density at radius 2 is 1.95 bits per heavy atom. The van der Waals surface area contributed by atoms with E-state index in [0.29, 0.717) is 21.7 Å². The number of halogens is 1. The number of benzene rings is 2. The number of aliphatic imine (C=N–C) groups is 1. The van der Waals surface area contributed by atoms with Gasteiger partial charge in [0.2, 0.25) is 0 Å². The highest BCUT2D eigenvalue weighted by Crippen LogP contribution is 2.27. The smallest absolute Gasteiger partial charge is 0.348 e. The quantitative estimate of drug-likeness (QED) is 0.569. The summed E-state index contributed by atoms with van der Waals surface area (Å²) in [4.78, 5) is 16.2. The molecule has 0 fully saturated rings. The predicted molar refractivity (Wildman–Crippen MR) is 87.6 cm³/mol. The van der Waals surface area contributed by atoms with Crippen molar-refractivity contribution in [2.24, 2.45) is 4.99 Å². The summed E-state index contributed by atoms with van der Waals surface area (Å²) in [6.45, 7) is 1.83. The van der Waals surface area contributed by atoms with E-state index >= 15 is 0 Å². The molecule has 110 valence electrons. The molecule has 2 aromatic carbocycles. The molecule has 0 saturated carbocycles. The van der Waals surface area contributed by atoms with Crippen molar-refractivity contribution < 1.29 is 9.52 Å². The van der Waals surface area contributed by atoms with Crippen LogP contribution in [0.15, 0.2) is 56.7 Å². The fourth-order valence-corrected chi connectivity index (χ4v) is 2.30. The van der Waals surface area contributed by atoms with Crippen LogP contribution in [-0.2, 0) is 0 Å². The van der Waals surface area contributed by atoms with Crippen molar-refractivity contribution in [1.82, 2.24) is 0 Å². The van der Waals surface area contributed by atoms with Crippen LogP contribution in [0.5, 0.6) is 5.75 Å². The van der Waals surface area contributed by atoms with Crippen molar-refractivity contribution in [1.29, 1.82) is 0 Å². The molecule has 3 aromatic rings. The van der Waals surface area contributed by atoms with Gasteiger partial charge < -0.3 is 9.52 Å². The monoisotopic (exact) mass is 313 g/mol. The fraction of sp³-hybridized carbons (Fsp3) is 0.0588. The van der Waals surface area contributed by atoms with E-state index in [-0.39, 0.29) is 11.3 Å². The average molecular weight is 314 g/mol. The molecule has 0 atom stereocenters. The first-order valence-electron chi connectivity index (χ1n) is 6.62. The highest BCUT2D eigenvalue weighted by molar-refractivity contribution is 6.31. The first kappa shape index (κ1) is 14.4. The lowest BCUT2D eigenvalue weighted by Gasteiger charge is -2.03. The molecule has 3 rings (SSSR count). The van der Waals surface area contributed by atoms with Gasteiger partial charge in [0.1, 0.15) is 16.9 Å². The molecule has 0 saturated heterocycles. The van der Waals surface area contributed by atoms with Gasteiger partial charge in [-0.25, -0.2) is 4.79 Å². The molecule has 1 aromatic heterocycles. The molecule has 0 radical (unpaired) electrons. The lowest BCUT2D eigenvalue weighted by Crippen LogP contribution is -2.06. The molecule has 1 heterocycles. The summed E-state index contributed by atoms with van der Waals surface area (Å²) >= 11 is 6.03. The minimum Gasteiger partial charge on any atom is -0.506 e. The van der Waals surface area contributed by atoms with Gasteiger partial charge in [-0.1, -0.05) is 29.8 Å². The average Bonchev–Trinajstić information content (AvgIpc) is 2.51. The number of nitrogens with zero attached hydrogens (tertiary/aromatic N) is 1. The van der Waals surface area contributed by atoms with Crippen molar-refractivity contribution in [3.8, 4) is 5.75 Å². The number of para-hydroxylation sites is 1. The largest absolute Gasteiger partial charge is 0.506 e. The number of rotatable bonds is 2. The second-order valence-corrected chi connectivity index (χ2v) is 5.20. The van der Waals surface area contributed by atoms with Gasteiger partial charge in [0.05, 0.1) is 11.1 Å². The van der Waals surface area contributed by atoms with E-state index in [1.54, 1.807) is 42.5 Å². The zero-order valence-corrected chi connectivity index (χ0v) is 12.5. The third kappa shape index (κ3) is 2.49. The topological polar surface area (TPSA) is 62.8 Å². The van der Waals surface area contributed by atoms with Gasteiger partial charge in [0, 0.05) is 11.2 Å². The molecule has 0 unspecified atom stereocenters. The van der Waals surface area contributed by atoms with Crippen molar-refractivity contribution in [3.05, 3.63) is 69.0 Å². The van der Waals surface area contributed by atoms with Crippen LogP contribution in [0, 0.1) is 6.92 Å². The molecule has 22 heavy (non-hydrogen) atoms. The molecule has 0 aliphatic heterocycles. The van der Waals surface area contributed by atoms with Crippen LogP contribution < -0.4 is 5.63 Å². The minimum atomic E-state index is -0.639. The highest BCUT2D eigenvalue weighted by atomic mass is 35.5. The van der Waals surface area contributed by atoms with Crippen LogP contribution in [0.25, 0.3) is 11.0 Å². The number of hydrogen-bond acceptors (Lipinski definition) is 4. The molecule has 0 aliphatic carbocycles. The first-order chi connectivity index (χ1) is 10.6. The summed E-state index contributed by atoms with van der Waals surface area (Å²) in [5, 5.41) is 11.3. The van der Waals surface area contributed by atoms with E-state index in [1.807, 2.05) is 6.92 Å². The maximum Gasteiger partial charge on any atom is 0.348 e. The van der Waals surface area contributed by atoms with E-state index in [9.17, 15) is 9.90 Å². The lowest BCUT2D eigenvalue weighted by molar-refractivity contribution is 0.466. The van der Waals surface area contributed by atoms with Crippen LogP contribution in [0.4, 0.5) is 5.69 Å². The Balaban J connectivity index is 2.13. The van der Waals surface area contributed by atoms with Gasteiger partial charge in [-0.15, -0.1) is 0 Å². The van der Waals surface area contributed by atoms with Gasteiger partial charge in [-0.3, -0.25) is 4.99 Å². The summed E-state index contributed by atoms with van der Waals surface area (Å²) in [5.41, 5.74) is 1.13. The Kier molecular flexibility index (Phi) is 3.69. The Hall–Kier alpha value is -2.59. The third-order valence-electron chi connectivity index (χ3n) is 3.39. The van der Waals surface area contributed by atoms with Gasteiger partial charge >= 0.3 is 5.63 Å². The van der Waals surface area contributed by atoms with Gasteiger partial charge in [0.25, 0.3) is 0 Å². The van der Waals surface area contributed by atoms with Crippen molar-refractivity contribution in [3.63, 3.8) is 0 Å². The Morgan fingerprint density at radius 1 is 1.18 bits per heavy atom. The standard InChI is InChI=1S/C17H12ClNO3/c1-10-13(18)6-4-7-14(10)19-9-12-16(20)11-5-2-3-8-15(11)22-17(12)21/h2-9,20H,1H3. The zero-order valence-electron chi connectivity index (χ0n) is 11.7. The molecule has 0 bridgehead atoms. The van der Waals surface area contributed by atoms with Crippen LogP contribution in [0.2, 0.25) is 5.02 Å². The Morgan fingerprint density at radius 3 is 2.77 bits per heavy atom. The fourth-order valence-electron chi connectivity index (χ4n) is 2.13.